The molecule has 1 heterocycles. The summed E-state index contributed by atoms with van der Waals surface area (Å²) in [5, 5.41) is 4.98. The highest BCUT2D eigenvalue weighted by Gasteiger charge is 2.25. The van der Waals surface area contributed by atoms with Crippen LogP contribution in [0.3, 0.4) is 0 Å². The van der Waals surface area contributed by atoms with E-state index in [1.54, 1.807) is 74.2 Å². The van der Waals surface area contributed by atoms with Crippen molar-refractivity contribution in [3.8, 4) is 11.4 Å². The predicted octanol–water partition coefficient (Wildman–Crippen LogP) is 3.95. The fraction of sp³-hybridized carbons (Fsp3) is 0.167. The molecular weight excluding hydrogens is 374 g/mol. The number of methoxy groups -OCH3 is 1. The Hall–Kier alpha value is -2.51. The van der Waals surface area contributed by atoms with Gasteiger partial charge in [-0.25, -0.2) is 13.1 Å². The summed E-state index contributed by atoms with van der Waals surface area (Å²) in [6, 6.07) is 13.7. The minimum absolute atomic E-state index is 0.156. The molecule has 136 valence electrons. The van der Waals surface area contributed by atoms with Crippen LogP contribution in [0.15, 0.2) is 53.4 Å². The van der Waals surface area contributed by atoms with Gasteiger partial charge >= 0.3 is 0 Å². The van der Waals surface area contributed by atoms with Crippen LogP contribution in [0, 0.1) is 13.8 Å². The Balaban J connectivity index is 1.98. The summed E-state index contributed by atoms with van der Waals surface area (Å²) in [6.07, 6.45) is 0. The molecule has 1 N–H and O–H groups in total. The lowest BCUT2D eigenvalue weighted by Gasteiger charge is -2.10. The van der Waals surface area contributed by atoms with Crippen LogP contribution in [0.2, 0.25) is 5.02 Å². The third-order valence-corrected chi connectivity index (χ3v) is 5.79. The summed E-state index contributed by atoms with van der Waals surface area (Å²) < 4.78 is 35.0. The van der Waals surface area contributed by atoms with Crippen molar-refractivity contribution < 1.29 is 13.2 Å². The minimum Gasteiger partial charge on any atom is -0.497 e. The van der Waals surface area contributed by atoms with Crippen molar-refractivity contribution in [3.05, 3.63) is 64.9 Å². The molecular formula is C18H18ClN3O3S. The van der Waals surface area contributed by atoms with E-state index in [4.69, 9.17) is 16.3 Å². The highest BCUT2D eigenvalue weighted by atomic mass is 35.5. The average Bonchev–Trinajstić information content (AvgIpc) is 2.91. The quantitative estimate of drug-likeness (QED) is 0.714. The molecule has 0 saturated heterocycles. The molecule has 1 aromatic heterocycles. The molecule has 0 bridgehead atoms. The SMILES string of the molecule is COc1ccc(NS(=O)(=O)c2c(C)nn(-c3ccc(Cl)cc3)c2C)cc1. The van der Waals surface area contributed by atoms with E-state index in [0.29, 0.717) is 27.8 Å². The van der Waals surface area contributed by atoms with Crippen molar-refractivity contribution in [1.82, 2.24) is 9.78 Å². The fourth-order valence-corrected chi connectivity index (χ4v) is 4.30. The van der Waals surface area contributed by atoms with E-state index in [1.165, 1.54) is 0 Å². The standard InChI is InChI=1S/C18H18ClN3O3S/c1-12-18(13(2)22(20-12)16-8-4-14(19)5-9-16)26(23,24)21-15-6-10-17(25-3)11-7-15/h4-11,21H,1-3H3. The summed E-state index contributed by atoms with van der Waals surface area (Å²) in [7, 11) is -2.24. The highest BCUT2D eigenvalue weighted by molar-refractivity contribution is 7.92. The summed E-state index contributed by atoms with van der Waals surface area (Å²) in [5.41, 5.74) is 2.12. The summed E-state index contributed by atoms with van der Waals surface area (Å²) in [6.45, 7) is 3.39. The number of halogens is 1. The molecule has 0 spiro atoms. The topological polar surface area (TPSA) is 73.2 Å². The fourth-order valence-electron chi connectivity index (χ4n) is 2.72. The second kappa shape index (κ2) is 7.01. The number of aryl methyl sites for hydroxylation is 1. The normalized spacial score (nSPS) is 11.4. The molecule has 0 aliphatic rings. The van der Waals surface area contributed by atoms with Gasteiger partial charge < -0.3 is 4.74 Å². The largest absolute Gasteiger partial charge is 0.497 e. The van der Waals surface area contributed by atoms with E-state index in [9.17, 15) is 8.42 Å². The maximum absolute atomic E-state index is 12.9. The number of aromatic nitrogens is 2. The molecule has 0 amide bonds. The predicted molar refractivity (Wildman–Crippen MR) is 102 cm³/mol. The Kier molecular flexibility index (Phi) is 4.93. The summed E-state index contributed by atoms with van der Waals surface area (Å²) >= 11 is 5.92. The van der Waals surface area contributed by atoms with E-state index in [2.05, 4.69) is 9.82 Å². The lowest BCUT2D eigenvalue weighted by molar-refractivity contribution is 0.415. The number of anilines is 1. The van der Waals surface area contributed by atoms with Gasteiger partial charge in [0, 0.05) is 10.7 Å². The molecule has 0 unspecified atom stereocenters. The zero-order valence-electron chi connectivity index (χ0n) is 14.5. The van der Waals surface area contributed by atoms with Crippen LogP contribution in [0.1, 0.15) is 11.4 Å². The van der Waals surface area contributed by atoms with Crippen molar-refractivity contribution in [2.45, 2.75) is 18.7 Å². The smallest absolute Gasteiger partial charge is 0.265 e. The molecule has 0 aliphatic heterocycles. The first-order valence-electron chi connectivity index (χ1n) is 7.81. The van der Waals surface area contributed by atoms with Crippen LogP contribution >= 0.6 is 11.6 Å². The first-order chi connectivity index (χ1) is 12.3. The first kappa shape index (κ1) is 18.3. The molecule has 8 heteroatoms. The van der Waals surface area contributed by atoms with Gasteiger partial charge in [-0.3, -0.25) is 4.72 Å². The van der Waals surface area contributed by atoms with Gasteiger partial charge in [-0.1, -0.05) is 11.6 Å². The number of hydrogen-bond donors (Lipinski definition) is 1. The monoisotopic (exact) mass is 391 g/mol. The number of hydrogen-bond acceptors (Lipinski definition) is 4. The number of nitrogens with one attached hydrogen (secondary N) is 1. The molecule has 3 aromatic rings. The molecule has 2 aromatic carbocycles. The summed E-state index contributed by atoms with van der Waals surface area (Å²) in [4.78, 5) is 0.156. The van der Waals surface area contributed by atoms with Gasteiger partial charge in [-0.15, -0.1) is 0 Å². The van der Waals surface area contributed by atoms with Gasteiger partial charge in [-0.2, -0.15) is 5.10 Å². The Labute approximate surface area is 157 Å². The van der Waals surface area contributed by atoms with E-state index >= 15 is 0 Å². The number of ether oxygens (including phenoxy) is 1. The van der Waals surface area contributed by atoms with E-state index < -0.39 is 10.0 Å². The third kappa shape index (κ3) is 3.54. The molecule has 26 heavy (non-hydrogen) atoms. The lowest BCUT2D eigenvalue weighted by Crippen LogP contribution is -2.15. The molecule has 0 fully saturated rings. The number of benzene rings is 2. The van der Waals surface area contributed by atoms with Crippen LogP contribution < -0.4 is 9.46 Å². The Morgan fingerprint density at radius 1 is 1.04 bits per heavy atom. The van der Waals surface area contributed by atoms with Crippen molar-refractivity contribution in [2.24, 2.45) is 0 Å². The van der Waals surface area contributed by atoms with Crippen molar-refractivity contribution in [2.75, 3.05) is 11.8 Å². The van der Waals surface area contributed by atoms with Crippen LogP contribution in [-0.2, 0) is 10.0 Å². The third-order valence-electron chi connectivity index (χ3n) is 3.91. The highest BCUT2D eigenvalue weighted by Crippen LogP contribution is 2.26. The van der Waals surface area contributed by atoms with Crippen molar-refractivity contribution >= 4 is 27.3 Å². The first-order valence-corrected chi connectivity index (χ1v) is 9.67. The molecule has 0 atom stereocenters. The molecule has 0 radical (unpaired) electrons. The molecule has 0 aliphatic carbocycles. The van der Waals surface area contributed by atoms with Crippen LogP contribution in [0.5, 0.6) is 5.75 Å². The Morgan fingerprint density at radius 3 is 2.23 bits per heavy atom. The van der Waals surface area contributed by atoms with E-state index in [-0.39, 0.29) is 4.90 Å². The number of nitrogens with zero attached hydrogens (tertiary/aromatic N) is 2. The molecule has 6 nitrogen and oxygen atoms in total. The van der Waals surface area contributed by atoms with Gasteiger partial charge in [0.05, 0.1) is 24.2 Å². The molecule has 0 saturated carbocycles. The van der Waals surface area contributed by atoms with Gasteiger partial charge in [0.25, 0.3) is 10.0 Å². The van der Waals surface area contributed by atoms with Gasteiger partial charge in [0.15, 0.2) is 0 Å². The lowest BCUT2D eigenvalue weighted by atomic mass is 10.3. The second-order valence-corrected chi connectivity index (χ2v) is 7.78. The maximum Gasteiger partial charge on any atom is 0.265 e. The van der Waals surface area contributed by atoms with Gasteiger partial charge in [-0.05, 0) is 62.4 Å². The van der Waals surface area contributed by atoms with Crippen LogP contribution in [0.25, 0.3) is 5.69 Å². The van der Waals surface area contributed by atoms with Gasteiger partial charge in [0.1, 0.15) is 10.6 Å². The van der Waals surface area contributed by atoms with Crippen LogP contribution in [-0.4, -0.2) is 25.3 Å². The maximum atomic E-state index is 12.9. The Bertz CT molecular complexity index is 1030. The zero-order valence-corrected chi connectivity index (χ0v) is 16.1. The molecule has 3 rings (SSSR count). The van der Waals surface area contributed by atoms with Gasteiger partial charge in [0.2, 0.25) is 0 Å². The Morgan fingerprint density at radius 2 is 1.65 bits per heavy atom. The average molecular weight is 392 g/mol. The van der Waals surface area contributed by atoms with Crippen molar-refractivity contribution in [1.29, 1.82) is 0 Å². The van der Waals surface area contributed by atoms with Crippen molar-refractivity contribution in [3.63, 3.8) is 0 Å². The summed E-state index contributed by atoms with van der Waals surface area (Å²) in [5.74, 6) is 0.649. The van der Waals surface area contributed by atoms with Crippen LogP contribution in [0.4, 0.5) is 5.69 Å². The minimum atomic E-state index is -3.79. The second-order valence-electron chi connectivity index (χ2n) is 5.72. The number of sulfonamides is 1. The zero-order chi connectivity index (χ0) is 18.9. The van der Waals surface area contributed by atoms with E-state index in [1.807, 2.05) is 0 Å². The number of rotatable bonds is 5. The van der Waals surface area contributed by atoms with E-state index in [0.717, 1.165) is 5.69 Å².